The van der Waals surface area contributed by atoms with Crippen LogP contribution in [0.5, 0.6) is 0 Å². The molecule has 0 aromatic carbocycles. The van der Waals surface area contributed by atoms with Crippen LogP contribution >= 0.6 is 11.3 Å². The van der Waals surface area contributed by atoms with E-state index in [1.165, 1.54) is 0 Å². The van der Waals surface area contributed by atoms with Crippen LogP contribution in [0, 0.1) is 12.8 Å². The molecule has 28 heavy (non-hydrogen) atoms. The van der Waals surface area contributed by atoms with E-state index in [0.29, 0.717) is 25.9 Å². The molecule has 0 saturated carbocycles. The lowest BCUT2D eigenvalue weighted by molar-refractivity contribution is -0.126. The molecule has 0 spiro atoms. The summed E-state index contributed by atoms with van der Waals surface area (Å²) < 4.78 is 5.25. The van der Waals surface area contributed by atoms with Gasteiger partial charge in [0, 0.05) is 30.1 Å². The number of carbonyl (C=O) groups is 2. The van der Waals surface area contributed by atoms with E-state index in [1.807, 2.05) is 50.4 Å². The number of rotatable bonds is 5. The average molecular weight is 402 g/mol. The number of nitrogens with one attached hydrogen (secondary N) is 1. The molecule has 1 aliphatic rings. The fourth-order valence-corrected chi connectivity index (χ4v) is 4.17. The number of carbonyl (C=O) groups excluding carboxylic acids is 2. The predicted molar refractivity (Wildman–Crippen MR) is 109 cm³/mol. The summed E-state index contributed by atoms with van der Waals surface area (Å²) in [6, 6.07) is 7.66. The van der Waals surface area contributed by atoms with Crippen LogP contribution in [0.3, 0.4) is 0 Å². The highest BCUT2D eigenvalue weighted by Gasteiger charge is 2.30. The summed E-state index contributed by atoms with van der Waals surface area (Å²) in [6.07, 6.45) is 2.60. The number of ether oxygens (including phenoxy) is 1. The van der Waals surface area contributed by atoms with Gasteiger partial charge in [-0.05, 0) is 56.7 Å². The van der Waals surface area contributed by atoms with Crippen molar-refractivity contribution in [3.8, 4) is 0 Å². The Bertz CT molecular complexity index is 799. The van der Waals surface area contributed by atoms with E-state index in [9.17, 15) is 9.59 Å². The largest absolute Gasteiger partial charge is 0.447 e. The summed E-state index contributed by atoms with van der Waals surface area (Å²) >= 11 is 1.61. The third-order valence-corrected chi connectivity index (χ3v) is 5.84. The zero-order valence-corrected chi connectivity index (χ0v) is 17.4. The molecule has 1 atom stereocenters. The molecule has 7 heteroatoms. The van der Waals surface area contributed by atoms with Gasteiger partial charge in [0.1, 0.15) is 6.04 Å². The molecule has 0 radical (unpaired) electrons. The minimum absolute atomic E-state index is 0.0142. The van der Waals surface area contributed by atoms with Crippen LogP contribution in [0.4, 0.5) is 4.79 Å². The van der Waals surface area contributed by atoms with Gasteiger partial charge in [0.05, 0.1) is 11.8 Å². The molecule has 1 fully saturated rings. The molecule has 1 N–H and O–H groups in total. The summed E-state index contributed by atoms with van der Waals surface area (Å²) in [5.74, 6) is -0.102. The van der Waals surface area contributed by atoms with Crippen molar-refractivity contribution < 1.29 is 14.3 Å². The van der Waals surface area contributed by atoms with Crippen molar-refractivity contribution >= 4 is 23.3 Å². The fraction of sp³-hybridized carbons (Fsp3) is 0.476. The van der Waals surface area contributed by atoms with Gasteiger partial charge in [-0.25, -0.2) is 4.79 Å². The minimum atomic E-state index is -0.297. The van der Waals surface area contributed by atoms with E-state index in [0.717, 1.165) is 16.1 Å². The van der Waals surface area contributed by atoms with Crippen molar-refractivity contribution in [3.05, 3.63) is 52.0 Å². The molecule has 3 heterocycles. The first-order chi connectivity index (χ1) is 13.5. The summed E-state index contributed by atoms with van der Waals surface area (Å²) in [6.45, 7) is 6.75. The van der Waals surface area contributed by atoms with Crippen LogP contribution in [-0.2, 0) is 9.53 Å². The van der Waals surface area contributed by atoms with E-state index >= 15 is 0 Å². The highest BCUT2D eigenvalue weighted by atomic mass is 32.1. The lowest BCUT2D eigenvalue weighted by Crippen LogP contribution is -2.44. The number of nitrogens with zero attached hydrogens (tertiary/aromatic N) is 2. The molecule has 0 bridgehead atoms. The second-order valence-corrected chi connectivity index (χ2v) is 8.34. The van der Waals surface area contributed by atoms with Crippen molar-refractivity contribution in [1.82, 2.24) is 15.2 Å². The molecular formula is C21H27N3O3S. The van der Waals surface area contributed by atoms with Gasteiger partial charge in [-0.1, -0.05) is 12.1 Å². The zero-order valence-electron chi connectivity index (χ0n) is 16.6. The van der Waals surface area contributed by atoms with Crippen molar-refractivity contribution in [1.29, 1.82) is 0 Å². The molecule has 2 aromatic heterocycles. The maximum absolute atomic E-state index is 13.0. The maximum Gasteiger partial charge on any atom is 0.410 e. The number of amides is 2. The SMILES string of the molecule is Cc1cccnc1C(NC(=O)C1CCN(C(=O)OC(C)C)CC1)c1cccs1. The predicted octanol–water partition coefficient (Wildman–Crippen LogP) is 3.91. The van der Waals surface area contributed by atoms with Crippen LogP contribution in [0.25, 0.3) is 0 Å². The molecule has 2 amide bonds. The molecule has 6 nitrogen and oxygen atoms in total. The Morgan fingerprint density at radius 1 is 1.25 bits per heavy atom. The molecule has 1 aliphatic heterocycles. The number of piperidine rings is 1. The first-order valence-corrected chi connectivity index (χ1v) is 10.5. The van der Waals surface area contributed by atoms with Crippen LogP contribution < -0.4 is 5.32 Å². The van der Waals surface area contributed by atoms with Crippen molar-refractivity contribution in [2.75, 3.05) is 13.1 Å². The van der Waals surface area contributed by atoms with E-state index < -0.39 is 0 Å². The second-order valence-electron chi connectivity index (χ2n) is 7.36. The average Bonchev–Trinajstić information content (AvgIpc) is 3.21. The Labute approximate surface area is 169 Å². The maximum atomic E-state index is 13.0. The Balaban J connectivity index is 1.65. The third-order valence-electron chi connectivity index (χ3n) is 4.90. The van der Waals surface area contributed by atoms with Gasteiger partial charge in [-0.15, -0.1) is 11.3 Å². The lowest BCUT2D eigenvalue weighted by atomic mass is 9.95. The van der Waals surface area contributed by atoms with Crippen LogP contribution in [0.15, 0.2) is 35.8 Å². The summed E-state index contributed by atoms with van der Waals surface area (Å²) in [4.78, 5) is 32.3. The van der Waals surface area contributed by atoms with Crippen molar-refractivity contribution in [3.63, 3.8) is 0 Å². The second kappa shape index (κ2) is 9.19. The van der Waals surface area contributed by atoms with Gasteiger partial charge in [0.2, 0.25) is 5.91 Å². The van der Waals surface area contributed by atoms with E-state index in [2.05, 4.69) is 10.3 Å². The molecule has 2 aromatic rings. The molecule has 150 valence electrons. The normalized spacial score (nSPS) is 16.1. The summed E-state index contributed by atoms with van der Waals surface area (Å²) in [5, 5.41) is 5.20. The Hall–Kier alpha value is -2.41. The third kappa shape index (κ3) is 4.90. The highest BCUT2D eigenvalue weighted by molar-refractivity contribution is 7.10. The topological polar surface area (TPSA) is 71.5 Å². The van der Waals surface area contributed by atoms with Crippen LogP contribution in [-0.4, -0.2) is 41.1 Å². The Morgan fingerprint density at radius 2 is 2.00 bits per heavy atom. The monoisotopic (exact) mass is 401 g/mol. The fourth-order valence-electron chi connectivity index (χ4n) is 3.39. The van der Waals surface area contributed by atoms with Crippen LogP contribution in [0.2, 0.25) is 0 Å². The van der Waals surface area contributed by atoms with E-state index in [1.54, 1.807) is 22.4 Å². The Kier molecular flexibility index (Phi) is 6.67. The molecule has 0 aliphatic carbocycles. The van der Waals surface area contributed by atoms with Gasteiger partial charge in [0.25, 0.3) is 0 Å². The number of hydrogen-bond donors (Lipinski definition) is 1. The number of pyridine rings is 1. The number of aryl methyl sites for hydroxylation is 1. The molecular weight excluding hydrogens is 374 g/mol. The summed E-state index contributed by atoms with van der Waals surface area (Å²) in [5.41, 5.74) is 1.92. The Morgan fingerprint density at radius 3 is 2.61 bits per heavy atom. The quantitative estimate of drug-likeness (QED) is 0.824. The van der Waals surface area contributed by atoms with Crippen molar-refractivity contribution in [2.45, 2.75) is 45.8 Å². The lowest BCUT2D eigenvalue weighted by Gasteiger charge is -2.32. The van der Waals surface area contributed by atoms with Gasteiger partial charge in [0.15, 0.2) is 0 Å². The number of thiophene rings is 1. The van der Waals surface area contributed by atoms with Gasteiger partial charge in [-0.2, -0.15) is 0 Å². The zero-order chi connectivity index (χ0) is 20.1. The van der Waals surface area contributed by atoms with E-state index in [4.69, 9.17) is 4.74 Å². The number of likely N-dealkylation sites (tertiary alicyclic amines) is 1. The van der Waals surface area contributed by atoms with Gasteiger partial charge in [-0.3, -0.25) is 9.78 Å². The van der Waals surface area contributed by atoms with Crippen molar-refractivity contribution in [2.24, 2.45) is 5.92 Å². The first-order valence-electron chi connectivity index (χ1n) is 9.66. The highest BCUT2D eigenvalue weighted by Crippen LogP contribution is 2.28. The van der Waals surface area contributed by atoms with Crippen LogP contribution in [0.1, 0.15) is 48.9 Å². The molecule has 1 saturated heterocycles. The van der Waals surface area contributed by atoms with Gasteiger partial charge >= 0.3 is 6.09 Å². The summed E-state index contributed by atoms with van der Waals surface area (Å²) in [7, 11) is 0. The number of hydrogen-bond acceptors (Lipinski definition) is 5. The van der Waals surface area contributed by atoms with E-state index in [-0.39, 0.29) is 30.1 Å². The van der Waals surface area contributed by atoms with Gasteiger partial charge < -0.3 is 15.0 Å². The standard InChI is InChI=1S/C21H27N3O3S/c1-14(2)27-21(26)24-11-8-16(9-12-24)20(25)23-19(17-7-5-13-28-17)18-15(3)6-4-10-22-18/h4-7,10,13-14,16,19H,8-9,11-12H2,1-3H3,(H,23,25). The molecule has 1 unspecified atom stereocenters. The first kappa shape index (κ1) is 20.3. The number of aromatic nitrogens is 1. The smallest absolute Gasteiger partial charge is 0.410 e. The minimum Gasteiger partial charge on any atom is -0.447 e. The molecule has 3 rings (SSSR count).